The van der Waals surface area contributed by atoms with Crippen LogP contribution in [0.4, 0.5) is 5.82 Å². The Morgan fingerprint density at radius 1 is 0.867 bits per heavy atom. The van der Waals surface area contributed by atoms with E-state index in [-0.39, 0.29) is 0 Å². The molecule has 4 nitrogen and oxygen atoms in total. The molecule has 2 N–H and O–H groups in total. The largest absolute Gasteiger partial charge is 0.366 e. The maximum atomic E-state index is 4.27. The highest BCUT2D eigenvalue weighted by Gasteiger charge is 1.97. The Labute approximate surface area is 178 Å². The fourth-order valence-corrected chi connectivity index (χ4v) is 2.82. The lowest BCUT2D eigenvalue weighted by molar-refractivity contribution is 0.802. The molecule has 0 amide bonds. The van der Waals surface area contributed by atoms with E-state index in [1.54, 1.807) is 18.3 Å². The van der Waals surface area contributed by atoms with Gasteiger partial charge in [-0.25, -0.2) is 9.98 Å². The molecule has 0 atom stereocenters. The Morgan fingerprint density at radius 2 is 1.50 bits per heavy atom. The van der Waals surface area contributed by atoms with E-state index >= 15 is 0 Å². The summed E-state index contributed by atoms with van der Waals surface area (Å²) in [6.45, 7) is 8.66. The second kappa shape index (κ2) is 11.2. The first-order valence-corrected chi connectivity index (χ1v) is 9.81. The van der Waals surface area contributed by atoms with Gasteiger partial charge in [0.2, 0.25) is 0 Å². The molecular formula is C26H26N4. The van der Waals surface area contributed by atoms with Gasteiger partial charge in [0.05, 0.1) is 0 Å². The van der Waals surface area contributed by atoms with Gasteiger partial charge < -0.3 is 10.6 Å². The van der Waals surface area contributed by atoms with Crippen LogP contribution in [0.2, 0.25) is 0 Å². The zero-order valence-corrected chi connectivity index (χ0v) is 17.0. The van der Waals surface area contributed by atoms with Crippen LogP contribution in [-0.4, -0.2) is 11.7 Å². The summed E-state index contributed by atoms with van der Waals surface area (Å²) in [5.74, 6) is 1.60. The minimum atomic E-state index is 0.691. The molecule has 0 radical (unpaired) electrons. The molecule has 150 valence electrons. The Bertz CT molecular complexity index is 1000. The third-order valence-electron chi connectivity index (χ3n) is 4.49. The van der Waals surface area contributed by atoms with Crippen LogP contribution in [0.3, 0.4) is 0 Å². The van der Waals surface area contributed by atoms with E-state index in [0.29, 0.717) is 12.4 Å². The van der Waals surface area contributed by atoms with Crippen LogP contribution in [-0.2, 0) is 13.1 Å². The summed E-state index contributed by atoms with van der Waals surface area (Å²) in [5.41, 5.74) is 4.71. The van der Waals surface area contributed by atoms with E-state index in [1.165, 1.54) is 16.7 Å². The van der Waals surface area contributed by atoms with Crippen LogP contribution in [0.25, 0.3) is 12.2 Å². The summed E-state index contributed by atoms with van der Waals surface area (Å²) in [4.78, 5) is 8.19. The second-order valence-corrected chi connectivity index (χ2v) is 6.68. The number of pyridine rings is 1. The highest BCUT2D eigenvalue weighted by Crippen LogP contribution is 2.12. The first-order chi connectivity index (χ1) is 14.8. The van der Waals surface area contributed by atoms with Crippen molar-refractivity contribution in [3.63, 3.8) is 0 Å². The Hall–Kier alpha value is -3.92. The molecular weight excluding hydrogens is 368 g/mol. The van der Waals surface area contributed by atoms with Crippen LogP contribution >= 0.6 is 0 Å². The molecule has 1 heterocycles. The topological polar surface area (TPSA) is 49.3 Å². The van der Waals surface area contributed by atoms with Gasteiger partial charge in [0.1, 0.15) is 11.6 Å². The number of aliphatic imine (C=N–C) groups is 1. The molecule has 0 aliphatic rings. The summed E-state index contributed by atoms with van der Waals surface area (Å²) in [6.07, 6.45) is 9.51. The maximum absolute atomic E-state index is 4.27. The molecule has 2 aromatic carbocycles. The number of aromatic nitrogens is 1. The smallest absolute Gasteiger partial charge is 0.126 e. The maximum Gasteiger partial charge on any atom is 0.126 e. The summed E-state index contributed by atoms with van der Waals surface area (Å²) in [6, 6.07) is 22.8. The Morgan fingerprint density at radius 3 is 2.03 bits per heavy atom. The van der Waals surface area contributed by atoms with Crippen LogP contribution in [0.15, 0.2) is 102 Å². The van der Waals surface area contributed by atoms with Crippen LogP contribution in [0.5, 0.6) is 0 Å². The van der Waals surface area contributed by atoms with Crippen molar-refractivity contribution in [1.82, 2.24) is 10.3 Å². The molecule has 0 saturated heterocycles. The predicted molar refractivity (Wildman–Crippen MR) is 128 cm³/mol. The molecule has 0 aliphatic heterocycles. The molecule has 3 aromatic rings. The average Bonchev–Trinajstić information content (AvgIpc) is 2.81. The molecule has 0 bridgehead atoms. The van der Waals surface area contributed by atoms with Crippen LogP contribution < -0.4 is 10.6 Å². The molecule has 30 heavy (non-hydrogen) atoms. The van der Waals surface area contributed by atoms with Crippen LogP contribution in [0, 0.1) is 0 Å². The summed E-state index contributed by atoms with van der Waals surface area (Å²) in [5, 5.41) is 6.54. The number of hydrogen-bond acceptors (Lipinski definition) is 4. The minimum Gasteiger partial charge on any atom is -0.366 e. The highest BCUT2D eigenvalue weighted by atomic mass is 15.0. The molecule has 0 fully saturated rings. The van der Waals surface area contributed by atoms with E-state index in [0.717, 1.165) is 17.9 Å². The van der Waals surface area contributed by atoms with Crippen molar-refractivity contribution in [2.75, 3.05) is 5.32 Å². The van der Waals surface area contributed by atoms with Crippen molar-refractivity contribution < 1.29 is 0 Å². The molecule has 1 aromatic heterocycles. The SMILES string of the molecule is C=C/C=C(\N=C)NCc1ccc(/C=C/c2ccc(CNc3ccccn3)cc2)cc1. The first kappa shape index (κ1) is 20.8. The number of allylic oxidation sites excluding steroid dienone is 2. The third kappa shape index (κ3) is 6.60. The van der Waals surface area contributed by atoms with Gasteiger partial charge in [-0.2, -0.15) is 0 Å². The van der Waals surface area contributed by atoms with E-state index < -0.39 is 0 Å². The van der Waals surface area contributed by atoms with Crippen molar-refractivity contribution in [1.29, 1.82) is 0 Å². The van der Waals surface area contributed by atoms with Gasteiger partial charge in [-0.3, -0.25) is 0 Å². The third-order valence-corrected chi connectivity index (χ3v) is 4.49. The first-order valence-electron chi connectivity index (χ1n) is 9.81. The van der Waals surface area contributed by atoms with Gasteiger partial charge >= 0.3 is 0 Å². The van der Waals surface area contributed by atoms with Gasteiger partial charge in [-0.1, -0.05) is 79.4 Å². The normalized spacial score (nSPS) is 11.3. The van der Waals surface area contributed by atoms with Crippen molar-refractivity contribution >= 4 is 24.7 Å². The fraction of sp³-hybridized carbons (Fsp3) is 0.0769. The molecule has 0 unspecified atom stereocenters. The quantitative estimate of drug-likeness (QED) is 0.264. The summed E-state index contributed by atoms with van der Waals surface area (Å²) < 4.78 is 0. The molecule has 0 saturated carbocycles. The number of rotatable bonds is 10. The zero-order valence-electron chi connectivity index (χ0n) is 17.0. The van der Waals surface area contributed by atoms with Gasteiger partial charge in [-0.15, -0.1) is 0 Å². The van der Waals surface area contributed by atoms with E-state index in [2.05, 4.69) is 94.6 Å². The Kier molecular flexibility index (Phi) is 7.75. The van der Waals surface area contributed by atoms with Crippen molar-refractivity contribution in [3.05, 3.63) is 120 Å². The van der Waals surface area contributed by atoms with E-state index in [1.807, 2.05) is 18.2 Å². The Balaban J connectivity index is 1.52. The highest BCUT2D eigenvalue weighted by molar-refractivity contribution is 5.69. The van der Waals surface area contributed by atoms with Crippen molar-refractivity contribution in [3.8, 4) is 0 Å². The lowest BCUT2D eigenvalue weighted by Gasteiger charge is -2.06. The summed E-state index contributed by atoms with van der Waals surface area (Å²) >= 11 is 0. The molecule has 4 heteroatoms. The monoisotopic (exact) mass is 394 g/mol. The van der Waals surface area contributed by atoms with Crippen molar-refractivity contribution in [2.24, 2.45) is 4.99 Å². The average molecular weight is 395 g/mol. The number of nitrogens with zero attached hydrogens (tertiary/aromatic N) is 2. The number of hydrogen-bond donors (Lipinski definition) is 2. The zero-order chi connectivity index (χ0) is 21.0. The lowest BCUT2D eigenvalue weighted by atomic mass is 10.1. The van der Waals surface area contributed by atoms with E-state index in [9.17, 15) is 0 Å². The van der Waals surface area contributed by atoms with Crippen molar-refractivity contribution in [2.45, 2.75) is 13.1 Å². The molecule has 0 spiro atoms. The fourth-order valence-electron chi connectivity index (χ4n) is 2.82. The second-order valence-electron chi connectivity index (χ2n) is 6.68. The van der Waals surface area contributed by atoms with Gasteiger partial charge in [0.15, 0.2) is 0 Å². The van der Waals surface area contributed by atoms with Gasteiger partial charge in [-0.05, 0) is 47.2 Å². The lowest BCUT2D eigenvalue weighted by Crippen LogP contribution is -2.10. The van der Waals surface area contributed by atoms with Gasteiger partial charge in [0.25, 0.3) is 0 Å². The number of anilines is 1. The number of nitrogens with one attached hydrogen (secondary N) is 2. The molecule has 0 aliphatic carbocycles. The minimum absolute atomic E-state index is 0.691. The number of benzene rings is 2. The summed E-state index contributed by atoms with van der Waals surface area (Å²) in [7, 11) is 0. The molecule has 3 rings (SSSR count). The standard InChI is InChI=1S/C26H26N4/c1-3-6-25(27-2)29-19-23-14-10-21(11-15-23)8-9-22-12-16-24(17-13-22)20-30-26-7-4-5-18-28-26/h3-18,29H,1-2,19-20H2,(H,28,30)/b9-8+,25-6+. The van der Waals surface area contributed by atoms with E-state index in [4.69, 9.17) is 0 Å². The van der Waals surface area contributed by atoms with Crippen LogP contribution in [0.1, 0.15) is 22.3 Å². The van der Waals surface area contributed by atoms with Gasteiger partial charge in [0, 0.05) is 19.3 Å². The predicted octanol–water partition coefficient (Wildman–Crippen LogP) is 5.68.